The summed E-state index contributed by atoms with van der Waals surface area (Å²) in [5.74, 6) is -0.843. The van der Waals surface area contributed by atoms with Gasteiger partial charge >= 0.3 is 5.97 Å². The van der Waals surface area contributed by atoms with E-state index in [1.807, 2.05) is 60.7 Å². The van der Waals surface area contributed by atoms with Gasteiger partial charge in [0.25, 0.3) is 0 Å². The van der Waals surface area contributed by atoms with Crippen molar-refractivity contribution < 1.29 is 29.3 Å². The maximum absolute atomic E-state index is 12.3. The SMILES string of the molecule is O=C(O)CCCCCC(=O)NCc1ccc(C2OC(CN(Cc3ccccc3)Cc3ccccc3)CC(c3ccc(CO)cc3)O2)cc1. The Morgan fingerprint density at radius 2 is 1.27 bits per heavy atom. The average molecular weight is 651 g/mol. The predicted octanol–water partition coefficient (Wildman–Crippen LogP) is 7.08. The highest BCUT2D eigenvalue weighted by Crippen LogP contribution is 2.38. The van der Waals surface area contributed by atoms with Gasteiger partial charge in [-0.2, -0.15) is 0 Å². The first-order chi connectivity index (χ1) is 23.4. The van der Waals surface area contributed by atoms with Crippen molar-refractivity contribution in [2.75, 3.05) is 6.54 Å². The van der Waals surface area contributed by atoms with Gasteiger partial charge in [0.1, 0.15) is 0 Å². The third kappa shape index (κ3) is 11.1. The molecule has 1 heterocycles. The molecule has 0 bridgehead atoms. The largest absolute Gasteiger partial charge is 0.481 e. The molecule has 0 spiro atoms. The molecule has 4 aromatic rings. The highest BCUT2D eigenvalue weighted by Gasteiger charge is 2.33. The fourth-order valence-corrected chi connectivity index (χ4v) is 6.01. The van der Waals surface area contributed by atoms with E-state index in [4.69, 9.17) is 14.6 Å². The second kappa shape index (κ2) is 18.3. The molecule has 8 heteroatoms. The van der Waals surface area contributed by atoms with Crippen LogP contribution in [0.15, 0.2) is 109 Å². The number of nitrogens with one attached hydrogen (secondary N) is 1. The van der Waals surface area contributed by atoms with Crippen LogP contribution in [0, 0.1) is 0 Å². The van der Waals surface area contributed by atoms with Crippen molar-refractivity contribution >= 4 is 11.9 Å². The van der Waals surface area contributed by atoms with Crippen molar-refractivity contribution in [3.8, 4) is 0 Å². The summed E-state index contributed by atoms with van der Waals surface area (Å²) in [6.45, 7) is 2.71. The minimum Gasteiger partial charge on any atom is -0.481 e. The molecule has 4 aromatic carbocycles. The number of benzene rings is 4. The van der Waals surface area contributed by atoms with Crippen molar-refractivity contribution in [3.05, 3.63) is 143 Å². The molecule has 3 N–H and O–H groups in total. The van der Waals surface area contributed by atoms with E-state index in [1.54, 1.807) is 0 Å². The molecule has 1 aliphatic heterocycles. The van der Waals surface area contributed by atoms with E-state index in [9.17, 15) is 14.7 Å². The maximum atomic E-state index is 12.3. The van der Waals surface area contributed by atoms with Crippen molar-refractivity contribution in [1.29, 1.82) is 0 Å². The lowest BCUT2D eigenvalue weighted by atomic mass is 9.99. The first-order valence-corrected chi connectivity index (χ1v) is 16.8. The summed E-state index contributed by atoms with van der Waals surface area (Å²) in [5, 5.41) is 21.3. The summed E-state index contributed by atoms with van der Waals surface area (Å²) in [6, 6.07) is 36.9. The van der Waals surface area contributed by atoms with Crippen LogP contribution in [0.25, 0.3) is 0 Å². The van der Waals surface area contributed by atoms with Gasteiger partial charge in [-0.15, -0.1) is 0 Å². The van der Waals surface area contributed by atoms with E-state index in [0.717, 1.165) is 48.3 Å². The molecule has 3 unspecified atom stereocenters. The standard InChI is InChI=1S/C40H46N2O6/c43-29-33-18-20-34(21-19-33)37-24-36(28-42(26-31-10-4-1-5-11-31)27-32-12-6-2-7-13-32)47-40(48-37)35-22-16-30(17-23-35)25-41-38(44)14-8-3-9-15-39(45)46/h1-2,4-7,10-13,16-23,36-37,40,43H,3,8-9,14-15,24-29H2,(H,41,44)(H,45,46). The number of amides is 1. The number of aliphatic hydroxyl groups excluding tert-OH is 1. The highest BCUT2D eigenvalue weighted by atomic mass is 16.7. The number of unbranched alkanes of at least 4 members (excludes halogenated alkanes) is 2. The molecule has 0 radical (unpaired) electrons. The summed E-state index contributed by atoms with van der Waals surface area (Å²) < 4.78 is 13.3. The number of ether oxygens (including phenoxy) is 2. The number of aliphatic hydroxyl groups is 1. The van der Waals surface area contributed by atoms with Gasteiger partial charge in [-0.1, -0.05) is 116 Å². The zero-order valence-corrected chi connectivity index (χ0v) is 27.4. The number of carboxylic acid groups (broad SMARTS) is 1. The number of hydrogen-bond donors (Lipinski definition) is 3. The summed E-state index contributed by atoms with van der Waals surface area (Å²) in [4.78, 5) is 25.4. The van der Waals surface area contributed by atoms with Crippen LogP contribution >= 0.6 is 0 Å². The van der Waals surface area contributed by atoms with Gasteiger partial charge in [-0.3, -0.25) is 14.5 Å². The van der Waals surface area contributed by atoms with Gasteiger partial charge < -0.3 is 25.0 Å². The van der Waals surface area contributed by atoms with Gasteiger partial charge in [0.15, 0.2) is 6.29 Å². The fourth-order valence-electron chi connectivity index (χ4n) is 6.01. The number of carbonyl (C=O) groups is 2. The summed E-state index contributed by atoms with van der Waals surface area (Å²) in [6.07, 6.45) is 2.33. The molecule has 0 aromatic heterocycles. The Kier molecular flexibility index (Phi) is 13.3. The fraction of sp³-hybridized carbons (Fsp3) is 0.350. The van der Waals surface area contributed by atoms with Crippen molar-refractivity contribution in [2.24, 2.45) is 0 Å². The van der Waals surface area contributed by atoms with Crippen LogP contribution in [0.3, 0.4) is 0 Å². The third-order valence-electron chi connectivity index (χ3n) is 8.61. The van der Waals surface area contributed by atoms with E-state index in [1.165, 1.54) is 11.1 Å². The number of carboxylic acids is 1. The average Bonchev–Trinajstić information content (AvgIpc) is 3.11. The molecule has 1 amide bonds. The van der Waals surface area contributed by atoms with Crippen molar-refractivity contribution in [3.63, 3.8) is 0 Å². The van der Waals surface area contributed by atoms with Crippen molar-refractivity contribution in [2.45, 2.75) is 83.3 Å². The lowest BCUT2D eigenvalue weighted by Gasteiger charge is -2.38. The molecule has 5 rings (SSSR count). The van der Waals surface area contributed by atoms with Gasteiger partial charge in [-0.25, -0.2) is 0 Å². The molecule has 0 saturated carbocycles. The van der Waals surface area contributed by atoms with Crippen LogP contribution in [0.2, 0.25) is 0 Å². The normalized spacial score (nSPS) is 17.7. The van der Waals surface area contributed by atoms with Gasteiger partial charge in [0.05, 0.1) is 18.8 Å². The molecule has 1 aliphatic rings. The Balaban J connectivity index is 1.26. The van der Waals surface area contributed by atoms with Crippen LogP contribution in [-0.4, -0.2) is 39.6 Å². The number of nitrogens with zero attached hydrogens (tertiary/aromatic N) is 1. The minimum atomic E-state index is -0.803. The first-order valence-electron chi connectivity index (χ1n) is 16.8. The molecule has 3 atom stereocenters. The quantitative estimate of drug-likeness (QED) is 0.105. The Labute approximate surface area is 283 Å². The van der Waals surface area contributed by atoms with Crippen molar-refractivity contribution in [1.82, 2.24) is 10.2 Å². The zero-order valence-electron chi connectivity index (χ0n) is 27.4. The Morgan fingerprint density at radius 1 is 0.688 bits per heavy atom. The monoisotopic (exact) mass is 650 g/mol. The van der Waals surface area contributed by atoms with Crippen LogP contribution in [0.5, 0.6) is 0 Å². The van der Waals surface area contributed by atoms with E-state index in [2.05, 4.69) is 58.7 Å². The van der Waals surface area contributed by atoms with Crippen LogP contribution in [0.1, 0.15) is 84.3 Å². The molecule has 1 fully saturated rings. The van der Waals surface area contributed by atoms with E-state index < -0.39 is 12.3 Å². The lowest BCUT2D eigenvalue weighted by Crippen LogP contribution is -2.39. The molecule has 48 heavy (non-hydrogen) atoms. The smallest absolute Gasteiger partial charge is 0.303 e. The van der Waals surface area contributed by atoms with Crippen LogP contribution < -0.4 is 5.32 Å². The Hall–Kier alpha value is -4.34. The topological polar surface area (TPSA) is 108 Å². The van der Waals surface area contributed by atoms with Crippen LogP contribution in [-0.2, 0) is 45.3 Å². The number of carbonyl (C=O) groups excluding carboxylic acids is 1. The molecule has 252 valence electrons. The second-order valence-corrected chi connectivity index (χ2v) is 12.5. The Morgan fingerprint density at radius 3 is 1.88 bits per heavy atom. The first kappa shape index (κ1) is 35.0. The van der Waals surface area contributed by atoms with Gasteiger partial charge in [0.2, 0.25) is 5.91 Å². The Bertz CT molecular complexity index is 1510. The maximum Gasteiger partial charge on any atom is 0.303 e. The number of rotatable bonds is 17. The molecular formula is C40H46N2O6. The van der Waals surface area contributed by atoms with Crippen LogP contribution in [0.4, 0.5) is 0 Å². The number of hydrogen-bond acceptors (Lipinski definition) is 6. The molecule has 8 nitrogen and oxygen atoms in total. The number of aliphatic carboxylic acids is 1. The zero-order chi connectivity index (χ0) is 33.6. The third-order valence-corrected chi connectivity index (χ3v) is 8.61. The van der Waals surface area contributed by atoms with Gasteiger partial charge in [0, 0.05) is 51.0 Å². The molecular weight excluding hydrogens is 604 g/mol. The summed E-state index contributed by atoms with van der Waals surface area (Å²) >= 11 is 0. The predicted molar refractivity (Wildman–Crippen MR) is 184 cm³/mol. The highest BCUT2D eigenvalue weighted by molar-refractivity contribution is 5.75. The van der Waals surface area contributed by atoms with Gasteiger partial charge in [-0.05, 0) is 40.7 Å². The van der Waals surface area contributed by atoms with E-state index in [-0.39, 0.29) is 31.1 Å². The summed E-state index contributed by atoms with van der Waals surface area (Å²) in [7, 11) is 0. The second-order valence-electron chi connectivity index (χ2n) is 12.5. The lowest BCUT2D eigenvalue weighted by molar-refractivity contribution is -0.253. The summed E-state index contributed by atoms with van der Waals surface area (Å²) in [5.41, 5.74) is 6.27. The molecule has 0 aliphatic carbocycles. The van der Waals surface area contributed by atoms with E-state index in [0.29, 0.717) is 32.2 Å². The minimum absolute atomic E-state index is 0.00626. The van der Waals surface area contributed by atoms with E-state index >= 15 is 0 Å². The molecule has 1 saturated heterocycles.